The number of thiocarbonyl (C=S) groups is 1. The quantitative estimate of drug-likeness (QED) is 0.471. The van der Waals surface area contributed by atoms with Crippen molar-refractivity contribution in [2.75, 3.05) is 11.5 Å². The molecule has 128 valence electrons. The Kier molecular flexibility index (Phi) is 5.69. The maximum absolute atomic E-state index is 12.8. The fourth-order valence-corrected chi connectivity index (χ4v) is 4.06. The number of ether oxygens (including phenoxy) is 1. The van der Waals surface area contributed by atoms with E-state index >= 15 is 0 Å². The van der Waals surface area contributed by atoms with Gasteiger partial charge in [0.1, 0.15) is 5.75 Å². The number of amides is 1. The summed E-state index contributed by atoms with van der Waals surface area (Å²) in [6, 6.07) is 12.4. The zero-order valence-electron chi connectivity index (χ0n) is 13.2. The summed E-state index contributed by atoms with van der Waals surface area (Å²) < 4.78 is 5.90. The number of halogens is 2. The van der Waals surface area contributed by atoms with Crippen molar-refractivity contribution in [1.82, 2.24) is 0 Å². The molecular formula is C18H13Cl2NO2S2. The summed E-state index contributed by atoms with van der Waals surface area (Å²) in [5.74, 6) is 0.574. The van der Waals surface area contributed by atoms with Gasteiger partial charge < -0.3 is 4.74 Å². The van der Waals surface area contributed by atoms with Crippen LogP contribution in [0.5, 0.6) is 5.75 Å². The maximum atomic E-state index is 12.8. The number of benzene rings is 2. The molecule has 3 rings (SSSR count). The van der Waals surface area contributed by atoms with E-state index in [0.717, 1.165) is 11.3 Å². The van der Waals surface area contributed by atoms with Gasteiger partial charge in [0.15, 0.2) is 4.32 Å². The smallest absolute Gasteiger partial charge is 0.270 e. The van der Waals surface area contributed by atoms with Gasteiger partial charge >= 0.3 is 0 Å². The van der Waals surface area contributed by atoms with Gasteiger partial charge in [0.2, 0.25) is 0 Å². The van der Waals surface area contributed by atoms with E-state index < -0.39 is 0 Å². The molecule has 25 heavy (non-hydrogen) atoms. The van der Waals surface area contributed by atoms with Crippen LogP contribution >= 0.6 is 47.2 Å². The first kappa shape index (κ1) is 18.3. The minimum absolute atomic E-state index is 0.176. The van der Waals surface area contributed by atoms with Crippen LogP contribution in [0.4, 0.5) is 5.69 Å². The van der Waals surface area contributed by atoms with Crippen molar-refractivity contribution < 1.29 is 9.53 Å². The van der Waals surface area contributed by atoms with Gasteiger partial charge in [-0.25, -0.2) is 0 Å². The first-order valence-electron chi connectivity index (χ1n) is 7.45. The summed E-state index contributed by atoms with van der Waals surface area (Å²) in [5, 5.41) is 1.03. The van der Waals surface area contributed by atoms with Crippen molar-refractivity contribution in [2.45, 2.75) is 6.92 Å². The van der Waals surface area contributed by atoms with E-state index in [1.807, 2.05) is 31.2 Å². The molecule has 0 bridgehead atoms. The van der Waals surface area contributed by atoms with Crippen molar-refractivity contribution >= 4 is 69.2 Å². The molecular weight excluding hydrogens is 397 g/mol. The van der Waals surface area contributed by atoms with Crippen LogP contribution in [0.2, 0.25) is 10.0 Å². The monoisotopic (exact) mass is 409 g/mol. The highest BCUT2D eigenvalue weighted by atomic mass is 35.5. The molecule has 7 heteroatoms. The predicted octanol–water partition coefficient (Wildman–Crippen LogP) is 5.80. The Morgan fingerprint density at radius 3 is 2.56 bits per heavy atom. The second-order valence-corrected chi connectivity index (χ2v) is 7.63. The molecule has 0 spiro atoms. The fraction of sp³-hybridized carbons (Fsp3) is 0.111. The molecule has 2 aromatic carbocycles. The number of nitrogens with zero attached hydrogens (tertiary/aromatic N) is 1. The molecule has 1 heterocycles. The fourth-order valence-electron chi connectivity index (χ4n) is 2.31. The van der Waals surface area contributed by atoms with Crippen LogP contribution in [-0.2, 0) is 4.79 Å². The highest BCUT2D eigenvalue weighted by Crippen LogP contribution is 2.37. The zero-order chi connectivity index (χ0) is 18.0. The Morgan fingerprint density at radius 1 is 1.20 bits per heavy atom. The molecule has 0 radical (unpaired) electrons. The second kappa shape index (κ2) is 7.79. The van der Waals surface area contributed by atoms with Crippen molar-refractivity contribution in [3.63, 3.8) is 0 Å². The third-order valence-corrected chi connectivity index (χ3v) is 5.31. The number of hydrogen-bond acceptors (Lipinski definition) is 4. The van der Waals surface area contributed by atoms with Crippen molar-refractivity contribution in [3.05, 3.63) is 63.0 Å². The molecule has 1 aliphatic rings. The van der Waals surface area contributed by atoms with E-state index in [2.05, 4.69) is 0 Å². The SMILES string of the molecule is CCOc1ccc(N2C(=O)/C(=C\c3ccc(Cl)cc3Cl)SC2=S)cc1. The predicted molar refractivity (Wildman–Crippen MR) is 110 cm³/mol. The van der Waals surface area contributed by atoms with Crippen molar-refractivity contribution in [1.29, 1.82) is 0 Å². The van der Waals surface area contributed by atoms with Gasteiger partial charge in [0.05, 0.1) is 17.2 Å². The van der Waals surface area contributed by atoms with Gasteiger partial charge in [-0.2, -0.15) is 0 Å². The summed E-state index contributed by atoms with van der Waals surface area (Å²) in [6.07, 6.45) is 1.73. The largest absolute Gasteiger partial charge is 0.494 e. The average molecular weight is 410 g/mol. The maximum Gasteiger partial charge on any atom is 0.270 e. The Balaban J connectivity index is 1.88. The minimum Gasteiger partial charge on any atom is -0.494 e. The number of thioether (sulfide) groups is 1. The molecule has 0 aliphatic carbocycles. The lowest BCUT2D eigenvalue weighted by atomic mass is 10.2. The lowest BCUT2D eigenvalue weighted by molar-refractivity contribution is -0.113. The second-order valence-electron chi connectivity index (χ2n) is 5.11. The lowest BCUT2D eigenvalue weighted by Crippen LogP contribution is -2.27. The molecule has 0 aromatic heterocycles. The summed E-state index contributed by atoms with van der Waals surface area (Å²) >= 11 is 18.7. The van der Waals surface area contributed by atoms with Crippen LogP contribution in [0, 0.1) is 0 Å². The Bertz CT molecular complexity index is 866. The van der Waals surface area contributed by atoms with E-state index in [0.29, 0.717) is 31.6 Å². The molecule has 0 N–H and O–H groups in total. The number of carbonyl (C=O) groups is 1. The number of anilines is 1. The first-order valence-corrected chi connectivity index (χ1v) is 9.43. The highest BCUT2D eigenvalue weighted by molar-refractivity contribution is 8.27. The molecule has 0 saturated carbocycles. The van der Waals surface area contributed by atoms with Crippen molar-refractivity contribution in [3.8, 4) is 5.75 Å². The van der Waals surface area contributed by atoms with Crippen LogP contribution in [0.15, 0.2) is 47.4 Å². The van der Waals surface area contributed by atoms with Gasteiger partial charge in [-0.1, -0.05) is 53.2 Å². The number of carbonyl (C=O) groups excluding carboxylic acids is 1. The minimum atomic E-state index is -0.176. The van der Waals surface area contributed by atoms with E-state index in [1.165, 1.54) is 16.7 Å². The van der Waals surface area contributed by atoms with Crippen LogP contribution in [0.1, 0.15) is 12.5 Å². The normalized spacial score (nSPS) is 16.0. The van der Waals surface area contributed by atoms with Crippen LogP contribution in [0.3, 0.4) is 0 Å². The number of hydrogen-bond donors (Lipinski definition) is 0. The van der Waals surface area contributed by atoms with Gasteiger partial charge in [0, 0.05) is 10.0 Å². The summed E-state index contributed by atoms with van der Waals surface area (Å²) in [6.45, 7) is 2.51. The summed E-state index contributed by atoms with van der Waals surface area (Å²) in [7, 11) is 0. The molecule has 2 aromatic rings. The standard InChI is InChI=1S/C18H13Cl2NO2S2/c1-2-23-14-7-5-13(6-8-14)21-17(22)16(25-18(21)24)9-11-3-4-12(19)10-15(11)20/h3-10H,2H2,1H3/b16-9+. The first-order chi connectivity index (χ1) is 12.0. The third kappa shape index (κ3) is 4.01. The van der Waals surface area contributed by atoms with E-state index in [4.69, 9.17) is 40.2 Å². The Morgan fingerprint density at radius 2 is 1.92 bits per heavy atom. The molecule has 1 fully saturated rings. The molecule has 1 amide bonds. The van der Waals surface area contributed by atoms with Gasteiger partial charge in [0.25, 0.3) is 5.91 Å². The average Bonchev–Trinajstić information content (AvgIpc) is 2.85. The molecule has 0 unspecified atom stereocenters. The van der Waals surface area contributed by atoms with Gasteiger partial charge in [-0.15, -0.1) is 0 Å². The van der Waals surface area contributed by atoms with Gasteiger partial charge in [-0.3, -0.25) is 9.69 Å². The topological polar surface area (TPSA) is 29.5 Å². The highest BCUT2D eigenvalue weighted by Gasteiger charge is 2.33. The Hall–Kier alpha value is -1.53. The lowest BCUT2D eigenvalue weighted by Gasteiger charge is -2.15. The van der Waals surface area contributed by atoms with Crippen LogP contribution < -0.4 is 9.64 Å². The van der Waals surface area contributed by atoms with Crippen LogP contribution in [-0.4, -0.2) is 16.8 Å². The van der Waals surface area contributed by atoms with E-state index in [-0.39, 0.29) is 5.91 Å². The van der Waals surface area contributed by atoms with E-state index in [1.54, 1.807) is 24.3 Å². The molecule has 1 aliphatic heterocycles. The Labute approximate surface area is 165 Å². The molecule has 3 nitrogen and oxygen atoms in total. The van der Waals surface area contributed by atoms with E-state index in [9.17, 15) is 4.79 Å². The number of rotatable bonds is 4. The molecule has 0 atom stereocenters. The molecule has 1 saturated heterocycles. The summed E-state index contributed by atoms with van der Waals surface area (Å²) in [5.41, 5.74) is 1.43. The van der Waals surface area contributed by atoms with Crippen LogP contribution in [0.25, 0.3) is 6.08 Å². The zero-order valence-corrected chi connectivity index (χ0v) is 16.3. The third-order valence-electron chi connectivity index (χ3n) is 3.45. The summed E-state index contributed by atoms with van der Waals surface area (Å²) in [4.78, 5) is 14.8. The van der Waals surface area contributed by atoms with Gasteiger partial charge in [-0.05, 0) is 55.0 Å². The van der Waals surface area contributed by atoms with Crippen molar-refractivity contribution in [2.24, 2.45) is 0 Å².